The fourth-order valence-corrected chi connectivity index (χ4v) is 9.94. The van der Waals surface area contributed by atoms with Gasteiger partial charge in [0.1, 0.15) is 13.2 Å². The Hall–Kier alpha value is -3.93. The van der Waals surface area contributed by atoms with Crippen LogP contribution in [0.1, 0.15) is 342 Å². The van der Waals surface area contributed by atoms with Crippen LogP contribution in [0.15, 0.2) is 109 Å². The molecule has 0 heterocycles. The van der Waals surface area contributed by atoms with E-state index >= 15 is 0 Å². The summed E-state index contributed by atoms with van der Waals surface area (Å²) in [5.74, 6) is -0.963. The SMILES string of the molecule is CC/C=C\C/C=C\C/C=C\C/C=C\C/C=C\C/C=C\C/C=C\CCCC(=O)OC(COC(=O)CCCCCCC/C=C\CCCC)COC(=O)CCCCCCCCCCCCCCCCCCCCC/C=C\CCCCCCCCCC. The van der Waals surface area contributed by atoms with Gasteiger partial charge in [-0.15, -0.1) is 0 Å². The molecule has 0 aromatic carbocycles. The van der Waals surface area contributed by atoms with E-state index < -0.39 is 6.10 Å². The van der Waals surface area contributed by atoms with Gasteiger partial charge in [-0.2, -0.15) is 0 Å². The molecule has 0 fully saturated rings. The van der Waals surface area contributed by atoms with E-state index in [1.54, 1.807) is 0 Å². The second-order valence-corrected chi connectivity index (χ2v) is 23.4. The van der Waals surface area contributed by atoms with Crippen LogP contribution in [0, 0.1) is 0 Å². The van der Waals surface area contributed by atoms with Crippen LogP contribution in [0.25, 0.3) is 0 Å². The highest BCUT2D eigenvalue weighted by Crippen LogP contribution is 2.17. The number of allylic oxidation sites excluding steroid dienone is 18. The summed E-state index contributed by atoms with van der Waals surface area (Å²) >= 11 is 0. The molecule has 83 heavy (non-hydrogen) atoms. The fraction of sp³-hybridized carbons (Fsp3) is 0.727. The molecule has 0 spiro atoms. The predicted molar refractivity (Wildman–Crippen MR) is 362 cm³/mol. The molecule has 0 saturated carbocycles. The van der Waals surface area contributed by atoms with Gasteiger partial charge < -0.3 is 14.2 Å². The van der Waals surface area contributed by atoms with Gasteiger partial charge in [0.05, 0.1) is 0 Å². The van der Waals surface area contributed by atoms with Crippen molar-refractivity contribution in [2.75, 3.05) is 13.2 Å². The van der Waals surface area contributed by atoms with Crippen LogP contribution < -0.4 is 0 Å². The minimum Gasteiger partial charge on any atom is -0.462 e. The summed E-state index contributed by atoms with van der Waals surface area (Å²) in [5.41, 5.74) is 0. The van der Waals surface area contributed by atoms with Crippen molar-refractivity contribution in [1.29, 1.82) is 0 Å². The molecule has 0 aliphatic heterocycles. The van der Waals surface area contributed by atoms with Gasteiger partial charge in [0.25, 0.3) is 0 Å². The second-order valence-electron chi connectivity index (χ2n) is 23.4. The maximum Gasteiger partial charge on any atom is 0.306 e. The number of esters is 3. The summed E-state index contributed by atoms with van der Waals surface area (Å²) in [6, 6.07) is 0. The van der Waals surface area contributed by atoms with Crippen LogP contribution in [0.5, 0.6) is 0 Å². The Kier molecular flexibility index (Phi) is 67.2. The minimum absolute atomic E-state index is 0.103. The van der Waals surface area contributed by atoms with Crippen molar-refractivity contribution in [3.8, 4) is 0 Å². The largest absolute Gasteiger partial charge is 0.462 e. The first-order chi connectivity index (χ1) is 41.0. The number of ether oxygens (including phenoxy) is 3. The summed E-state index contributed by atoms with van der Waals surface area (Å²) in [6.07, 6.45) is 97.1. The highest BCUT2D eigenvalue weighted by molar-refractivity contribution is 5.71. The molecule has 0 aliphatic carbocycles. The first kappa shape index (κ1) is 79.1. The van der Waals surface area contributed by atoms with Crippen molar-refractivity contribution in [1.82, 2.24) is 0 Å². The zero-order valence-corrected chi connectivity index (χ0v) is 54.7. The van der Waals surface area contributed by atoms with Crippen molar-refractivity contribution < 1.29 is 28.6 Å². The third kappa shape index (κ3) is 68.7. The molecule has 0 N–H and O–H groups in total. The number of hydrogen-bond donors (Lipinski definition) is 0. The highest BCUT2D eigenvalue weighted by Gasteiger charge is 2.19. The molecule has 0 aromatic rings. The van der Waals surface area contributed by atoms with E-state index in [1.165, 1.54) is 193 Å². The van der Waals surface area contributed by atoms with Gasteiger partial charge in [-0.1, -0.05) is 316 Å². The smallest absolute Gasteiger partial charge is 0.306 e. The Bertz CT molecular complexity index is 1660. The monoisotopic (exact) mass is 1150 g/mol. The standard InChI is InChI=1S/C77H132O6/c1-4-7-10-13-16-19-22-24-26-28-30-32-34-35-36-37-38-39-40-41-43-44-46-48-50-52-55-58-61-64-67-70-76(79)82-73-74(72-81-75(78)69-66-63-60-57-54-21-18-15-12-9-6-3)83-77(80)71-68-65-62-59-56-53-51-49-47-45-42-33-31-29-27-25-23-20-17-14-11-8-5-2/h8,11,15,17-18,20,25,27-28,30-31,33,45,47,51,53,59,62,74H,4-7,9-10,12-14,16,19,21-24,26,29,32,34-44,46,48-50,52,54-58,60-61,63-73H2,1-3H3/b11-8-,18-15-,20-17-,27-25-,30-28-,33-31-,47-45-,53-51-,62-59-. The van der Waals surface area contributed by atoms with Crippen LogP contribution in [0.3, 0.4) is 0 Å². The topological polar surface area (TPSA) is 78.9 Å². The third-order valence-electron chi connectivity index (χ3n) is 15.2. The van der Waals surface area contributed by atoms with Crippen LogP contribution in [-0.2, 0) is 28.6 Å². The summed E-state index contributed by atoms with van der Waals surface area (Å²) in [4.78, 5) is 38.3. The van der Waals surface area contributed by atoms with Gasteiger partial charge in [-0.25, -0.2) is 0 Å². The second kappa shape index (κ2) is 70.6. The molecule has 476 valence electrons. The van der Waals surface area contributed by atoms with E-state index in [-0.39, 0.29) is 37.5 Å². The molecule has 0 aromatic heterocycles. The van der Waals surface area contributed by atoms with E-state index in [0.29, 0.717) is 19.3 Å². The van der Waals surface area contributed by atoms with Crippen LogP contribution in [0.4, 0.5) is 0 Å². The normalized spacial score (nSPS) is 12.8. The molecule has 0 rings (SSSR count). The molecule has 6 heteroatoms. The average molecular weight is 1150 g/mol. The van der Waals surface area contributed by atoms with Crippen LogP contribution in [-0.4, -0.2) is 37.2 Å². The number of unbranched alkanes of at least 4 members (excludes halogenated alkanes) is 35. The van der Waals surface area contributed by atoms with Crippen molar-refractivity contribution in [2.45, 2.75) is 348 Å². The quantitative estimate of drug-likeness (QED) is 0.0261. The number of carbonyl (C=O) groups is 3. The first-order valence-electron chi connectivity index (χ1n) is 35.4. The van der Waals surface area contributed by atoms with Gasteiger partial charge in [0.2, 0.25) is 0 Å². The Balaban J connectivity index is 4.25. The average Bonchev–Trinajstić information content (AvgIpc) is 3.48. The van der Waals surface area contributed by atoms with Crippen molar-refractivity contribution in [2.24, 2.45) is 0 Å². The lowest BCUT2D eigenvalue weighted by Gasteiger charge is -2.18. The van der Waals surface area contributed by atoms with Gasteiger partial charge >= 0.3 is 17.9 Å². The van der Waals surface area contributed by atoms with Crippen molar-refractivity contribution >= 4 is 17.9 Å². The summed E-state index contributed by atoms with van der Waals surface area (Å²) in [6.45, 7) is 6.46. The molecule has 1 unspecified atom stereocenters. The van der Waals surface area contributed by atoms with Gasteiger partial charge in [0.15, 0.2) is 6.10 Å². The maximum absolute atomic E-state index is 12.9. The maximum atomic E-state index is 12.9. The van der Waals surface area contributed by atoms with E-state index in [2.05, 4.69) is 130 Å². The molecule has 0 aliphatic rings. The molecule has 0 saturated heterocycles. The van der Waals surface area contributed by atoms with Gasteiger partial charge in [0, 0.05) is 19.3 Å². The van der Waals surface area contributed by atoms with E-state index in [0.717, 1.165) is 103 Å². The number of carbonyl (C=O) groups excluding carboxylic acids is 3. The lowest BCUT2D eigenvalue weighted by Crippen LogP contribution is -2.30. The molecule has 1 atom stereocenters. The summed E-state index contributed by atoms with van der Waals surface area (Å²) < 4.78 is 16.9. The molecule has 6 nitrogen and oxygen atoms in total. The minimum atomic E-state index is -0.814. The Morgan fingerprint density at radius 2 is 0.494 bits per heavy atom. The van der Waals surface area contributed by atoms with E-state index in [9.17, 15) is 14.4 Å². The first-order valence-corrected chi connectivity index (χ1v) is 35.4. The Morgan fingerprint density at radius 3 is 0.819 bits per heavy atom. The van der Waals surface area contributed by atoms with Crippen molar-refractivity contribution in [3.63, 3.8) is 0 Å². The number of rotatable bonds is 64. The zero-order valence-electron chi connectivity index (χ0n) is 54.7. The third-order valence-corrected chi connectivity index (χ3v) is 15.2. The van der Waals surface area contributed by atoms with E-state index in [4.69, 9.17) is 14.2 Å². The van der Waals surface area contributed by atoms with Crippen molar-refractivity contribution in [3.05, 3.63) is 109 Å². The van der Waals surface area contributed by atoms with Crippen LogP contribution >= 0.6 is 0 Å². The predicted octanol–water partition coefficient (Wildman–Crippen LogP) is 24.6. The lowest BCUT2D eigenvalue weighted by molar-refractivity contribution is -0.167. The lowest BCUT2D eigenvalue weighted by atomic mass is 10.0. The molecule has 0 amide bonds. The molecule has 0 bridgehead atoms. The molecular weight excluding hydrogens is 1020 g/mol. The van der Waals surface area contributed by atoms with Gasteiger partial charge in [-0.05, 0) is 116 Å². The van der Waals surface area contributed by atoms with Crippen LogP contribution in [0.2, 0.25) is 0 Å². The summed E-state index contributed by atoms with van der Waals surface area (Å²) in [5, 5.41) is 0. The molecule has 0 radical (unpaired) electrons. The zero-order chi connectivity index (χ0) is 59.9. The van der Waals surface area contributed by atoms with Gasteiger partial charge in [-0.3, -0.25) is 14.4 Å². The Labute approximate surface area is 514 Å². The fourth-order valence-electron chi connectivity index (χ4n) is 9.94. The number of hydrogen-bond acceptors (Lipinski definition) is 6. The van der Waals surface area contributed by atoms with E-state index in [1.807, 2.05) is 0 Å². The Morgan fingerprint density at radius 1 is 0.253 bits per heavy atom. The highest BCUT2D eigenvalue weighted by atomic mass is 16.6. The summed E-state index contributed by atoms with van der Waals surface area (Å²) in [7, 11) is 0. The molecular formula is C77H132O6.